The van der Waals surface area contributed by atoms with Gasteiger partial charge in [-0.05, 0) is 62.5 Å². The summed E-state index contributed by atoms with van der Waals surface area (Å²) in [7, 11) is 6.93. The molecule has 0 aromatic heterocycles. The van der Waals surface area contributed by atoms with Crippen molar-refractivity contribution in [3.63, 3.8) is 0 Å². The van der Waals surface area contributed by atoms with Crippen LogP contribution in [-0.2, 0) is 27.3 Å². The number of nitrogens with one attached hydrogen (secondary N) is 1. The summed E-state index contributed by atoms with van der Waals surface area (Å²) in [6, 6.07) is 9.34. The van der Waals surface area contributed by atoms with Crippen molar-refractivity contribution >= 4 is 35.0 Å². The highest BCUT2D eigenvalue weighted by molar-refractivity contribution is 6.28. The van der Waals surface area contributed by atoms with Gasteiger partial charge in [0.15, 0.2) is 11.6 Å². The Labute approximate surface area is 248 Å². The van der Waals surface area contributed by atoms with Crippen LogP contribution in [0, 0.1) is 17.8 Å². The number of phenolic OH excluding ortho intramolecular Hbond substituents is 1. The topological polar surface area (TPSA) is 183 Å². The van der Waals surface area contributed by atoms with E-state index < -0.39 is 64.5 Å². The van der Waals surface area contributed by atoms with E-state index in [1.807, 2.05) is 0 Å². The van der Waals surface area contributed by atoms with Crippen LogP contribution < -0.4 is 20.7 Å². The number of allylic oxidation sites excluding steroid dienone is 1. The van der Waals surface area contributed by atoms with E-state index in [1.165, 1.54) is 0 Å². The van der Waals surface area contributed by atoms with E-state index in [9.17, 15) is 34.5 Å². The number of benzene rings is 2. The number of aromatic hydroxyl groups is 1. The molecule has 4 atom stereocenters. The predicted molar refractivity (Wildman–Crippen MR) is 156 cm³/mol. The molecule has 0 radical (unpaired) electrons. The van der Waals surface area contributed by atoms with Crippen molar-refractivity contribution in [2.75, 3.05) is 33.1 Å². The molecule has 0 saturated heterocycles. The number of primary amides is 1. The molecular weight excluding hydrogens is 556 g/mol. The normalized spacial score (nSPS) is 23.0. The molecule has 1 fully saturated rings. The van der Waals surface area contributed by atoms with Crippen LogP contribution in [0.1, 0.15) is 23.1 Å². The first-order valence-electron chi connectivity index (χ1n) is 13.8. The molecule has 0 bridgehead atoms. The van der Waals surface area contributed by atoms with Crippen LogP contribution >= 0.6 is 0 Å². The molecule has 2 amide bonds. The summed E-state index contributed by atoms with van der Waals surface area (Å²) in [6.45, 7) is -0.147. The van der Waals surface area contributed by atoms with Gasteiger partial charge in [0.1, 0.15) is 28.6 Å². The quantitative estimate of drug-likeness (QED) is 0.247. The maximum absolute atomic E-state index is 14.0. The summed E-state index contributed by atoms with van der Waals surface area (Å²) in [5, 5.41) is 36.4. The largest absolute Gasteiger partial charge is 0.510 e. The van der Waals surface area contributed by atoms with Crippen molar-refractivity contribution in [1.82, 2.24) is 10.2 Å². The lowest BCUT2D eigenvalue weighted by atomic mass is 9.59. The number of ketones is 2. The Morgan fingerprint density at radius 3 is 2.33 bits per heavy atom. The second-order valence-corrected chi connectivity index (χ2v) is 11.5. The van der Waals surface area contributed by atoms with E-state index in [0.717, 1.165) is 0 Å². The maximum atomic E-state index is 14.0. The lowest BCUT2D eigenvalue weighted by molar-refractivity contribution is -0.136. The van der Waals surface area contributed by atoms with E-state index in [0.29, 0.717) is 17.0 Å². The van der Waals surface area contributed by atoms with E-state index >= 15 is 0 Å². The summed E-state index contributed by atoms with van der Waals surface area (Å²) in [5.41, 5.74) is 6.36. The third-order valence-electron chi connectivity index (χ3n) is 8.48. The minimum Gasteiger partial charge on any atom is -0.510 e. The number of aliphatic hydroxyl groups excluding tert-OH is 2. The van der Waals surface area contributed by atoms with Crippen molar-refractivity contribution in [3.8, 4) is 11.5 Å². The van der Waals surface area contributed by atoms with Crippen LogP contribution in [-0.4, -0.2) is 78.0 Å². The fraction of sp³-hybridized carbons (Fsp3) is 0.355. The molecule has 4 unspecified atom stereocenters. The van der Waals surface area contributed by atoms with E-state index in [1.54, 1.807) is 74.4 Å². The van der Waals surface area contributed by atoms with Crippen molar-refractivity contribution in [2.45, 2.75) is 25.4 Å². The number of phenols is 1. The van der Waals surface area contributed by atoms with Crippen LogP contribution in [0.3, 0.4) is 0 Å². The molecule has 3 aliphatic carbocycles. The standard InChI is InChI=1S/C31H34N4O8/c1-34(2)19-12-15(13-33-31(42)43-16-8-6-5-7-9-16)25(36)21-17(19)10-14-11-18-22(27(38)20(14)26(21)37)28(39)23(30(32)41)29(40)24(18)35(3)4/h5-9,12,14,18,22,24,36-37,40H,10-11,13H2,1-4H3,(H2,32,41)(H,33,42). The van der Waals surface area contributed by atoms with Gasteiger partial charge in [-0.1, -0.05) is 18.2 Å². The summed E-state index contributed by atoms with van der Waals surface area (Å²) in [5.74, 6) is -6.13. The summed E-state index contributed by atoms with van der Waals surface area (Å²) >= 11 is 0. The first-order chi connectivity index (χ1) is 20.3. The Morgan fingerprint density at radius 1 is 1.05 bits per heavy atom. The lowest BCUT2D eigenvalue weighted by Gasteiger charge is -2.46. The molecule has 2 aromatic rings. The first kappa shape index (κ1) is 29.6. The zero-order valence-corrected chi connectivity index (χ0v) is 24.2. The van der Waals surface area contributed by atoms with Gasteiger partial charge in [0.2, 0.25) is 0 Å². The van der Waals surface area contributed by atoms with Crippen LogP contribution in [0.5, 0.6) is 11.5 Å². The SMILES string of the molecule is CN(C)c1cc(CNC(=O)Oc2ccccc2)c(O)c2c1CC1CC3C(C(=O)C(C(N)=O)=C(O)C3N(C)C)C(=O)C1=C2O. The van der Waals surface area contributed by atoms with Crippen LogP contribution in [0.25, 0.3) is 5.76 Å². The Kier molecular flexibility index (Phi) is 7.65. The number of hydrogen-bond donors (Lipinski definition) is 5. The average Bonchev–Trinajstić information content (AvgIpc) is 2.92. The molecule has 2 aromatic carbocycles. The number of aliphatic hydroxyl groups is 2. The third kappa shape index (κ3) is 4.97. The van der Waals surface area contributed by atoms with E-state index in [4.69, 9.17) is 10.5 Å². The number of anilines is 1. The van der Waals surface area contributed by atoms with Crippen molar-refractivity contribution in [2.24, 2.45) is 23.5 Å². The Bertz CT molecular complexity index is 1590. The van der Waals surface area contributed by atoms with E-state index in [-0.39, 0.29) is 41.8 Å². The highest BCUT2D eigenvalue weighted by Crippen LogP contribution is 2.52. The molecule has 1 saturated carbocycles. The number of amides is 2. The third-order valence-corrected chi connectivity index (χ3v) is 8.48. The summed E-state index contributed by atoms with van der Waals surface area (Å²) < 4.78 is 5.26. The first-order valence-corrected chi connectivity index (χ1v) is 13.8. The molecule has 6 N–H and O–H groups in total. The van der Waals surface area contributed by atoms with E-state index in [2.05, 4.69) is 5.32 Å². The number of carbonyl (C=O) groups excluding carboxylic acids is 4. The minimum atomic E-state index is -1.34. The second-order valence-electron chi connectivity index (χ2n) is 11.5. The smallest absolute Gasteiger partial charge is 0.412 e. The van der Waals surface area contributed by atoms with Crippen LogP contribution in [0.2, 0.25) is 0 Å². The van der Waals surface area contributed by atoms with Crippen molar-refractivity contribution in [3.05, 3.63) is 70.0 Å². The fourth-order valence-electron chi connectivity index (χ4n) is 6.70. The number of nitrogens with zero attached hydrogens (tertiary/aromatic N) is 2. The average molecular weight is 591 g/mol. The predicted octanol–water partition coefficient (Wildman–Crippen LogP) is 2.20. The van der Waals surface area contributed by atoms with Gasteiger partial charge >= 0.3 is 6.09 Å². The van der Waals surface area contributed by atoms with Crippen molar-refractivity contribution < 1.29 is 39.2 Å². The molecule has 5 rings (SSSR count). The molecule has 0 aliphatic heterocycles. The Hall–Kier alpha value is -4.84. The van der Waals surface area contributed by atoms with Gasteiger partial charge in [-0.25, -0.2) is 4.79 Å². The molecular formula is C31H34N4O8. The van der Waals surface area contributed by atoms with Gasteiger partial charge in [-0.15, -0.1) is 0 Å². The zero-order chi connectivity index (χ0) is 31.3. The molecule has 43 heavy (non-hydrogen) atoms. The number of rotatable bonds is 6. The monoisotopic (exact) mass is 590 g/mol. The second kappa shape index (κ2) is 11.1. The fourth-order valence-corrected chi connectivity index (χ4v) is 6.70. The number of fused-ring (bicyclic) bond motifs is 3. The van der Waals surface area contributed by atoms with Crippen molar-refractivity contribution in [1.29, 1.82) is 0 Å². The highest BCUT2D eigenvalue weighted by atomic mass is 16.6. The van der Waals surface area contributed by atoms with Gasteiger partial charge in [0.05, 0.1) is 17.5 Å². The summed E-state index contributed by atoms with van der Waals surface area (Å²) in [4.78, 5) is 55.4. The van der Waals surface area contributed by atoms with Crippen LogP contribution in [0.4, 0.5) is 10.5 Å². The molecule has 12 nitrogen and oxygen atoms in total. The maximum Gasteiger partial charge on any atom is 0.412 e. The molecule has 0 spiro atoms. The number of para-hydroxylation sites is 1. The van der Waals surface area contributed by atoms with Gasteiger partial charge < -0.3 is 36.0 Å². The minimum absolute atomic E-state index is 0.0154. The molecule has 0 heterocycles. The van der Waals surface area contributed by atoms with Gasteiger partial charge in [0.25, 0.3) is 5.91 Å². The summed E-state index contributed by atoms with van der Waals surface area (Å²) in [6.07, 6.45) is -0.239. The number of ether oxygens (including phenoxy) is 1. The van der Waals surface area contributed by atoms with Gasteiger partial charge in [0, 0.05) is 37.5 Å². The van der Waals surface area contributed by atoms with Gasteiger partial charge in [-0.3, -0.25) is 19.3 Å². The number of Topliss-reactive ketones (excluding diaryl/α,β-unsaturated/α-hetero) is 2. The molecule has 226 valence electrons. The molecule has 3 aliphatic rings. The number of nitrogens with two attached hydrogens (primary N) is 1. The van der Waals surface area contributed by atoms with Crippen LogP contribution in [0.15, 0.2) is 53.3 Å². The van der Waals surface area contributed by atoms with Gasteiger partial charge in [-0.2, -0.15) is 0 Å². The lowest BCUT2D eigenvalue weighted by Crippen LogP contribution is -2.55. The zero-order valence-electron chi connectivity index (χ0n) is 24.2. The number of likely N-dealkylation sites (N-methyl/N-ethyl adjacent to an activating group) is 1. The number of hydrogen-bond acceptors (Lipinski definition) is 10. The number of carbonyl (C=O) groups is 4. The Morgan fingerprint density at radius 2 is 1.72 bits per heavy atom. The Balaban J connectivity index is 1.55. The molecule has 12 heteroatoms. The highest BCUT2D eigenvalue weighted by Gasteiger charge is 2.56.